The van der Waals surface area contributed by atoms with Gasteiger partial charge in [-0.2, -0.15) is 0 Å². The Labute approximate surface area is 91.2 Å². The Hall–Kier alpha value is -0.770. The summed E-state index contributed by atoms with van der Waals surface area (Å²) < 4.78 is 5.28. The predicted molar refractivity (Wildman–Crippen MR) is 57.6 cm³/mol. The SMILES string of the molecule is C[C@@H]1C[C@H]1N(CCO)C(=O)OC(C)(C)C. The third-order valence-electron chi connectivity index (χ3n) is 2.44. The van der Waals surface area contributed by atoms with Crippen LogP contribution in [0.2, 0.25) is 0 Å². The monoisotopic (exact) mass is 215 g/mol. The van der Waals surface area contributed by atoms with E-state index in [1.54, 1.807) is 4.90 Å². The molecule has 88 valence electrons. The Morgan fingerprint density at radius 1 is 1.53 bits per heavy atom. The Morgan fingerprint density at radius 3 is 2.40 bits per heavy atom. The smallest absolute Gasteiger partial charge is 0.410 e. The minimum absolute atomic E-state index is 0.0114. The summed E-state index contributed by atoms with van der Waals surface area (Å²) in [5.74, 6) is 0.532. The molecular weight excluding hydrogens is 194 g/mol. The average Bonchev–Trinajstić information content (AvgIpc) is 2.74. The van der Waals surface area contributed by atoms with E-state index in [-0.39, 0.29) is 18.7 Å². The number of ether oxygens (including phenoxy) is 1. The van der Waals surface area contributed by atoms with Gasteiger partial charge in [-0.05, 0) is 33.1 Å². The molecule has 4 nitrogen and oxygen atoms in total. The minimum atomic E-state index is -0.469. The summed E-state index contributed by atoms with van der Waals surface area (Å²) in [4.78, 5) is 13.4. The van der Waals surface area contributed by atoms with E-state index < -0.39 is 5.60 Å². The molecule has 1 aliphatic rings. The molecule has 0 heterocycles. The minimum Gasteiger partial charge on any atom is -0.444 e. The second kappa shape index (κ2) is 4.39. The molecule has 0 aliphatic heterocycles. The lowest BCUT2D eigenvalue weighted by Crippen LogP contribution is -2.40. The van der Waals surface area contributed by atoms with E-state index in [0.717, 1.165) is 6.42 Å². The van der Waals surface area contributed by atoms with Crippen LogP contribution in [-0.4, -0.2) is 40.9 Å². The van der Waals surface area contributed by atoms with Crippen LogP contribution in [0, 0.1) is 5.92 Å². The summed E-state index contributed by atoms with van der Waals surface area (Å²) in [6.07, 6.45) is 0.699. The molecule has 1 rings (SSSR count). The highest BCUT2D eigenvalue weighted by atomic mass is 16.6. The van der Waals surface area contributed by atoms with Crippen LogP contribution in [0.5, 0.6) is 0 Å². The van der Waals surface area contributed by atoms with Crippen molar-refractivity contribution in [3.05, 3.63) is 0 Å². The van der Waals surface area contributed by atoms with E-state index >= 15 is 0 Å². The number of rotatable bonds is 3. The zero-order chi connectivity index (χ0) is 11.6. The van der Waals surface area contributed by atoms with Gasteiger partial charge >= 0.3 is 6.09 Å². The maximum absolute atomic E-state index is 11.8. The Morgan fingerprint density at radius 2 is 2.07 bits per heavy atom. The maximum Gasteiger partial charge on any atom is 0.410 e. The first-order valence-electron chi connectivity index (χ1n) is 5.45. The lowest BCUT2D eigenvalue weighted by Gasteiger charge is -2.27. The number of amides is 1. The second-order valence-corrected chi connectivity index (χ2v) is 5.18. The fourth-order valence-electron chi connectivity index (χ4n) is 1.56. The van der Waals surface area contributed by atoms with Crippen molar-refractivity contribution in [3.63, 3.8) is 0 Å². The van der Waals surface area contributed by atoms with Crippen LogP contribution < -0.4 is 0 Å². The molecule has 15 heavy (non-hydrogen) atoms. The average molecular weight is 215 g/mol. The molecule has 0 unspecified atom stereocenters. The molecular formula is C11H21NO3. The summed E-state index contributed by atoms with van der Waals surface area (Å²) in [7, 11) is 0. The first-order chi connectivity index (χ1) is 6.85. The zero-order valence-corrected chi connectivity index (χ0v) is 9.99. The number of carbonyl (C=O) groups excluding carboxylic acids is 1. The van der Waals surface area contributed by atoms with Gasteiger partial charge in [-0.15, -0.1) is 0 Å². The van der Waals surface area contributed by atoms with Crippen molar-refractivity contribution in [1.82, 2.24) is 4.90 Å². The molecule has 0 bridgehead atoms. The highest BCUT2D eigenvalue weighted by Gasteiger charge is 2.41. The van der Waals surface area contributed by atoms with E-state index in [0.29, 0.717) is 12.5 Å². The quantitative estimate of drug-likeness (QED) is 0.778. The van der Waals surface area contributed by atoms with E-state index in [1.165, 1.54) is 0 Å². The molecule has 0 saturated heterocycles. The van der Waals surface area contributed by atoms with Gasteiger partial charge in [0.1, 0.15) is 5.60 Å². The van der Waals surface area contributed by atoms with Gasteiger partial charge in [-0.3, -0.25) is 0 Å². The van der Waals surface area contributed by atoms with Crippen molar-refractivity contribution < 1.29 is 14.6 Å². The lowest BCUT2D eigenvalue weighted by atomic mass is 10.2. The molecule has 2 atom stereocenters. The summed E-state index contributed by atoms with van der Waals surface area (Å²) in [5, 5.41) is 8.90. The largest absolute Gasteiger partial charge is 0.444 e. The predicted octanol–water partition coefficient (Wildman–Crippen LogP) is 1.62. The van der Waals surface area contributed by atoms with E-state index in [2.05, 4.69) is 6.92 Å². The fourth-order valence-corrected chi connectivity index (χ4v) is 1.56. The molecule has 1 N–H and O–H groups in total. The van der Waals surface area contributed by atoms with E-state index in [4.69, 9.17) is 9.84 Å². The summed E-state index contributed by atoms with van der Waals surface area (Å²) >= 11 is 0. The Kier molecular flexibility index (Phi) is 3.60. The van der Waals surface area contributed by atoms with Crippen molar-refractivity contribution in [2.45, 2.75) is 45.8 Å². The molecule has 1 fully saturated rings. The number of aliphatic hydroxyl groups excluding tert-OH is 1. The van der Waals surface area contributed by atoms with Gasteiger partial charge < -0.3 is 14.7 Å². The van der Waals surface area contributed by atoms with Crippen molar-refractivity contribution in [1.29, 1.82) is 0 Å². The van der Waals surface area contributed by atoms with Crippen LogP contribution in [-0.2, 0) is 4.74 Å². The lowest BCUT2D eigenvalue weighted by molar-refractivity contribution is 0.0193. The third kappa shape index (κ3) is 3.70. The molecule has 1 amide bonds. The van der Waals surface area contributed by atoms with Gasteiger partial charge in [0.25, 0.3) is 0 Å². The molecule has 0 radical (unpaired) electrons. The van der Waals surface area contributed by atoms with Crippen LogP contribution in [0.4, 0.5) is 4.79 Å². The fraction of sp³-hybridized carbons (Fsp3) is 0.909. The van der Waals surface area contributed by atoms with Gasteiger partial charge in [0.2, 0.25) is 0 Å². The van der Waals surface area contributed by atoms with E-state index in [1.807, 2.05) is 20.8 Å². The van der Waals surface area contributed by atoms with Crippen LogP contribution in [0.1, 0.15) is 34.1 Å². The van der Waals surface area contributed by atoms with Crippen LogP contribution >= 0.6 is 0 Å². The number of aliphatic hydroxyl groups is 1. The Bertz CT molecular complexity index is 234. The molecule has 1 aliphatic carbocycles. The highest BCUT2D eigenvalue weighted by Crippen LogP contribution is 2.35. The van der Waals surface area contributed by atoms with Gasteiger partial charge in [-0.1, -0.05) is 6.92 Å². The number of carbonyl (C=O) groups is 1. The normalized spacial score (nSPS) is 24.9. The van der Waals surface area contributed by atoms with Crippen molar-refractivity contribution in [3.8, 4) is 0 Å². The molecule has 4 heteroatoms. The second-order valence-electron chi connectivity index (χ2n) is 5.18. The Balaban J connectivity index is 2.52. The van der Waals surface area contributed by atoms with Gasteiger partial charge in [-0.25, -0.2) is 4.79 Å². The highest BCUT2D eigenvalue weighted by molar-refractivity contribution is 5.69. The molecule has 1 saturated carbocycles. The first kappa shape index (κ1) is 12.3. The molecule has 0 aromatic rings. The number of nitrogens with zero attached hydrogens (tertiary/aromatic N) is 1. The van der Waals surface area contributed by atoms with Crippen LogP contribution in [0.25, 0.3) is 0 Å². The van der Waals surface area contributed by atoms with Crippen molar-refractivity contribution in [2.75, 3.05) is 13.2 Å². The third-order valence-corrected chi connectivity index (χ3v) is 2.44. The number of hydrogen-bond acceptors (Lipinski definition) is 3. The van der Waals surface area contributed by atoms with Gasteiger partial charge in [0.05, 0.1) is 6.61 Å². The first-order valence-corrected chi connectivity index (χ1v) is 5.45. The van der Waals surface area contributed by atoms with Crippen molar-refractivity contribution >= 4 is 6.09 Å². The van der Waals surface area contributed by atoms with E-state index in [9.17, 15) is 4.79 Å². The molecule has 0 aromatic heterocycles. The summed E-state index contributed by atoms with van der Waals surface area (Å²) in [6, 6.07) is 0.256. The van der Waals surface area contributed by atoms with Crippen molar-refractivity contribution in [2.24, 2.45) is 5.92 Å². The zero-order valence-electron chi connectivity index (χ0n) is 9.99. The molecule has 0 aromatic carbocycles. The standard InChI is InChI=1S/C11H21NO3/c1-8-7-9(8)12(5-6-13)10(14)15-11(2,3)4/h8-9,13H,5-7H2,1-4H3/t8-,9-/m1/s1. The summed E-state index contributed by atoms with van der Waals surface area (Å²) in [5.41, 5.74) is -0.469. The van der Waals surface area contributed by atoms with Gasteiger partial charge in [0, 0.05) is 12.6 Å². The maximum atomic E-state index is 11.8. The number of hydrogen-bond donors (Lipinski definition) is 1. The molecule has 0 spiro atoms. The summed E-state index contributed by atoms with van der Waals surface area (Å²) in [6.45, 7) is 7.99. The van der Waals surface area contributed by atoms with Gasteiger partial charge in [0.15, 0.2) is 0 Å². The topological polar surface area (TPSA) is 49.8 Å². The van der Waals surface area contributed by atoms with Crippen LogP contribution in [0.3, 0.4) is 0 Å². The van der Waals surface area contributed by atoms with Crippen LogP contribution in [0.15, 0.2) is 0 Å².